The first-order valence-electron chi connectivity index (χ1n) is 11.1. The number of aliphatic hydroxyl groups excluding tert-OH is 3. The minimum Gasteiger partial charge on any atom is -0.393 e. The van der Waals surface area contributed by atoms with Crippen LogP contribution in [-0.2, 0) is 14.0 Å². The highest BCUT2D eigenvalue weighted by Gasteiger charge is 2.48. The first-order chi connectivity index (χ1) is 17.3. The Kier molecular flexibility index (Phi) is 7.87. The molecule has 6 N–H and O–H groups in total. The smallest absolute Gasteiger partial charge is 0.359 e. The lowest BCUT2D eigenvalue weighted by molar-refractivity contribution is -0.104. The average Bonchev–Trinajstić information content (AvgIpc) is 3.38. The second kappa shape index (κ2) is 10.5. The molecule has 0 aliphatic carbocycles. The molecule has 0 saturated carbocycles. The summed E-state index contributed by atoms with van der Waals surface area (Å²) in [6.07, 6.45) is -4.10. The standard InChI is InChI=1S/C21H26ClFN5O8P/c1-10(11-3-5-12(23)6-4-11)25-17-13-7-24-28(18(13)27-20(22)26-17)19-16(31)15(30)14(36-19)8-35-21(2,9-29)37(32,33)34/h3-7,10,14-16,19,29-31H,8-9H2,1-2H3,(H,25,26,27)(H2,32,33,34)/t10-,14+,15+,16+,19+,21?/m0/s1. The summed E-state index contributed by atoms with van der Waals surface area (Å²) in [5.74, 6) is -0.0558. The van der Waals surface area contributed by atoms with Gasteiger partial charge in [0.1, 0.15) is 29.9 Å². The number of benzene rings is 1. The zero-order chi connectivity index (χ0) is 27.1. The number of fused-ring (bicyclic) bond motifs is 1. The molecule has 0 bridgehead atoms. The molecule has 2 aromatic heterocycles. The van der Waals surface area contributed by atoms with E-state index in [1.807, 2.05) is 6.92 Å². The van der Waals surface area contributed by atoms with Gasteiger partial charge in [-0.1, -0.05) is 12.1 Å². The van der Waals surface area contributed by atoms with Crippen LogP contribution in [0.2, 0.25) is 5.28 Å². The second-order valence-corrected chi connectivity index (χ2v) is 11.2. The number of rotatable bonds is 9. The molecule has 202 valence electrons. The predicted octanol–water partition coefficient (Wildman–Crippen LogP) is 1.31. The SMILES string of the molecule is C[C@H](Nc1nc(Cl)nc2c1cnn2[C@@H]1O[C@H](COC(C)(CO)P(=O)(O)O)[C@@H](O)[C@H]1O)c1ccc(F)cc1. The first kappa shape index (κ1) is 27.8. The van der Waals surface area contributed by atoms with Crippen LogP contribution in [0.1, 0.15) is 31.7 Å². The zero-order valence-corrected chi connectivity index (χ0v) is 21.3. The molecular formula is C21H26ClFN5O8P. The van der Waals surface area contributed by atoms with E-state index in [0.717, 1.165) is 12.5 Å². The number of hydrogen-bond donors (Lipinski definition) is 6. The lowest BCUT2D eigenvalue weighted by atomic mass is 10.1. The summed E-state index contributed by atoms with van der Waals surface area (Å²) in [6, 6.07) is 5.61. The molecule has 0 spiro atoms. The van der Waals surface area contributed by atoms with Crippen LogP contribution in [-0.4, -0.2) is 81.7 Å². The topological polar surface area (TPSA) is 192 Å². The third-order valence-corrected chi connectivity index (χ3v) is 7.87. The van der Waals surface area contributed by atoms with E-state index < -0.39 is 50.7 Å². The number of anilines is 1. The van der Waals surface area contributed by atoms with E-state index >= 15 is 0 Å². The minimum atomic E-state index is -4.87. The fourth-order valence-corrected chi connectivity index (χ4v) is 4.38. The number of nitrogens with zero attached hydrogens (tertiary/aromatic N) is 4. The van der Waals surface area contributed by atoms with Crippen molar-refractivity contribution in [1.82, 2.24) is 19.7 Å². The summed E-state index contributed by atoms with van der Waals surface area (Å²) in [7, 11) is -4.87. The second-order valence-electron chi connectivity index (χ2n) is 8.82. The normalized spacial score (nSPS) is 24.8. The van der Waals surface area contributed by atoms with E-state index in [2.05, 4.69) is 20.4 Å². The van der Waals surface area contributed by atoms with Crippen molar-refractivity contribution in [3.05, 3.63) is 47.1 Å². The molecule has 1 fully saturated rings. The number of nitrogens with one attached hydrogen (secondary N) is 1. The van der Waals surface area contributed by atoms with Gasteiger partial charge in [0.05, 0.1) is 24.8 Å². The van der Waals surface area contributed by atoms with E-state index in [9.17, 15) is 34.1 Å². The molecule has 1 saturated heterocycles. The first-order valence-corrected chi connectivity index (χ1v) is 13.1. The molecule has 13 nitrogen and oxygen atoms in total. The molecule has 1 aromatic carbocycles. The average molecular weight is 562 g/mol. The van der Waals surface area contributed by atoms with Crippen LogP contribution in [0.25, 0.3) is 11.0 Å². The fourth-order valence-electron chi connectivity index (χ4n) is 3.79. The van der Waals surface area contributed by atoms with E-state index in [1.165, 1.54) is 23.0 Å². The maximum atomic E-state index is 13.3. The summed E-state index contributed by atoms with van der Waals surface area (Å²) < 4.78 is 37.1. The molecule has 16 heteroatoms. The molecule has 1 aliphatic rings. The number of hydrogen-bond acceptors (Lipinski definition) is 10. The monoisotopic (exact) mass is 561 g/mol. The lowest BCUT2D eigenvalue weighted by Gasteiger charge is -2.29. The maximum absolute atomic E-state index is 13.3. The van der Waals surface area contributed by atoms with Crippen molar-refractivity contribution in [3.8, 4) is 0 Å². The Hall–Kier alpha value is -2.26. The Labute approximate surface area is 215 Å². The summed E-state index contributed by atoms with van der Waals surface area (Å²) in [4.78, 5) is 27.3. The summed E-state index contributed by atoms with van der Waals surface area (Å²) in [5.41, 5.74) is 0.949. The van der Waals surface area contributed by atoms with Crippen molar-refractivity contribution >= 4 is 36.0 Å². The molecule has 6 atom stereocenters. The van der Waals surface area contributed by atoms with Crippen molar-refractivity contribution < 1.29 is 43.5 Å². The molecule has 0 amide bonds. The van der Waals surface area contributed by atoms with Crippen molar-refractivity contribution in [3.63, 3.8) is 0 Å². The summed E-state index contributed by atoms with van der Waals surface area (Å²) in [6.45, 7) is 1.32. The highest BCUT2D eigenvalue weighted by molar-refractivity contribution is 7.53. The van der Waals surface area contributed by atoms with Gasteiger partial charge in [0.15, 0.2) is 17.2 Å². The molecule has 3 aromatic rings. The van der Waals surface area contributed by atoms with Gasteiger partial charge < -0.3 is 39.9 Å². The van der Waals surface area contributed by atoms with Crippen LogP contribution in [0.5, 0.6) is 0 Å². The number of halogens is 2. The van der Waals surface area contributed by atoms with E-state index in [1.54, 1.807) is 12.1 Å². The van der Waals surface area contributed by atoms with Gasteiger partial charge in [0, 0.05) is 6.04 Å². The van der Waals surface area contributed by atoms with Gasteiger partial charge in [0.25, 0.3) is 0 Å². The largest absolute Gasteiger partial charge is 0.393 e. The van der Waals surface area contributed by atoms with Crippen molar-refractivity contribution in [2.75, 3.05) is 18.5 Å². The van der Waals surface area contributed by atoms with E-state index in [-0.39, 0.29) is 22.8 Å². The van der Waals surface area contributed by atoms with E-state index in [4.69, 9.17) is 21.1 Å². The van der Waals surface area contributed by atoms with Gasteiger partial charge in [0.2, 0.25) is 5.28 Å². The van der Waals surface area contributed by atoms with Crippen molar-refractivity contribution in [1.29, 1.82) is 0 Å². The van der Waals surface area contributed by atoms with Gasteiger partial charge in [-0.25, -0.2) is 9.07 Å². The van der Waals surface area contributed by atoms with Crippen molar-refractivity contribution in [2.45, 2.75) is 49.8 Å². The third kappa shape index (κ3) is 5.48. The Balaban J connectivity index is 1.57. The Morgan fingerprint density at radius 3 is 2.57 bits per heavy atom. The quantitative estimate of drug-likeness (QED) is 0.162. The highest BCUT2D eigenvalue weighted by Crippen LogP contribution is 2.51. The van der Waals surface area contributed by atoms with Crippen LogP contribution in [0.4, 0.5) is 10.2 Å². The molecule has 37 heavy (non-hydrogen) atoms. The van der Waals surface area contributed by atoms with Gasteiger partial charge >= 0.3 is 7.60 Å². The Morgan fingerprint density at radius 1 is 1.27 bits per heavy atom. The summed E-state index contributed by atoms with van der Waals surface area (Å²) >= 11 is 6.14. The van der Waals surface area contributed by atoms with Gasteiger partial charge in [-0.15, -0.1) is 0 Å². The minimum absolute atomic E-state index is 0.142. The fraction of sp³-hybridized carbons (Fsp3) is 0.476. The van der Waals surface area contributed by atoms with Crippen LogP contribution < -0.4 is 5.32 Å². The third-order valence-electron chi connectivity index (χ3n) is 6.20. The van der Waals surface area contributed by atoms with Crippen LogP contribution in [0.15, 0.2) is 30.5 Å². The number of ether oxygens (including phenoxy) is 2. The molecule has 3 heterocycles. The van der Waals surface area contributed by atoms with E-state index in [0.29, 0.717) is 11.2 Å². The Bertz CT molecular complexity index is 1310. The van der Waals surface area contributed by atoms with Gasteiger partial charge in [-0.2, -0.15) is 15.1 Å². The van der Waals surface area contributed by atoms with Crippen LogP contribution >= 0.6 is 19.2 Å². The predicted molar refractivity (Wildman–Crippen MR) is 128 cm³/mol. The van der Waals surface area contributed by atoms with Crippen LogP contribution in [0, 0.1) is 5.82 Å². The molecule has 1 unspecified atom stereocenters. The maximum Gasteiger partial charge on any atom is 0.359 e. The van der Waals surface area contributed by atoms with Crippen molar-refractivity contribution in [2.24, 2.45) is 0 Å². The van der Waals surface area contributed by atoms with Crippen LogP contribution in [0.3, 0.4) is 0 Å². The highest BCUT2D eigenvalue weighted by atomic mass is 35.5. The molecular weight excluding hydrogens is 536 g/mol. The molecule has 0 radical (unpaired) electrons. The number of aliphatic hydroxyl groups is 3. The van der Waals surface area contributed by atoms with Gasteiger partial charge in [-0.3, -0.25) is 4.57 Å². The molecule has 1 aliphatic heterocycles. The number of aromatic nitrogens is 4. The lowest BCUT2D eigenvalue weighted by Crippen LogP contribution is -2.39. The van der Waals surface area contributed by atoms with Gasteiger partial charge in [-0.05, 0) is 43.1 Å². The molecule has 4 rings (SSSR count). The summed E-state index contributed by atoms with van der Waals surface area (Å²) in [5, 5.41) is 36.0. The Morgan fingerprint density at radius 2 is 1.95 bits per heavy atom. The zero-order valence-electron chi connectivity index (χ0n) is 19.6.